The van der Waals surface area contributed by atoms with E-state index in [4.69, 9.17) is 9.47 Å². The number of halogens is 2. The number of likely N-dealkylation sites (tertiary alicyclic amines) is 1. The Hall–Kier alpha value is -3.78. The molecule has 214 valence electrons. The number of esters is 1. The molecule has 0 unspecified atom stereocenters. The van der Waals surface area contributed by atoms with E-state index in [1.807, 2.05) is 13.8 Å². The van der Waals surface area contributed by atoms with Crippen molar-refractivity contribution < 1.29 is 27.8 Å². The van der Waals surface area contributed by atoms with E-state index in [1.54, 1.807) is 41.3 Å². The van der Waals surface area contributed by atoms with Gasteiger partial charge >= 0.3 is 5.97 Å². The van der Waals surface area contributed by atoms with Crippen LogP contribution in [0.15, 0.2) is 54.6 Å². The number of rotatable bonds is 8. The minimum absolute atomic E-state index is 0.0602. The Bertz CT molecular complexity index is 1480. The van der Waals surface area contributed by atoms with Gasteiger partial charge in [0.05, 0.1) is 18.8 Å². The van der Waals surface area contributed by atoms with E-state index in [-0.39, 0.29) is 34.9 Å². The standard InChI is InChI=1S/C33H34F2N2O4/c1-20(2)41-31-24(14-27(21-4-5-21)29(30(31)35)22-6-10-25(34)11-7-22)16-36-17-33(18-36)15-28(38)37(19-33)26-12-8-23(9-13-26)32(39)40-3/h6-14,20-21H,4-5,15-19H2,1-3H3. The van der Waals surface area contributed by atoms with E-state index in [1.165, 1.54) is 19.2 Å². The molecule has 6 nitrogen and oxygen atoms in total. The third-order valence-electron chi connectivity index (χ3n) is 8.27. The molecule has 2 saturated heterocycles. The second-order valence-corrected chi connectivity index (χ2v) is 11.9. The van der Waals surface area contributed by atoms with Gasteiger partial charge in [-0.25, -0.2) is 13.6 Å². The third-order valence-corrected chi connectivity index (χ3v) is 8.27. The summed E-state index contributed by atoms with van der Waals surface area (Å²) in [6.07, 6.45) is 2.24. The summed E-state index contributed by atoms with van der Waals surface area (Å²) in [5.74, 6) is -0.567. The average Bonchev–Trinajstić information content (AvgIpc) is 3.72. The Morgan fingerprint density at radius 2 is 1.71 bits per heavy atom. The Labute approximate surface area is 238 Å². The summed E-state index contributed by atoms with van der Waals surface area (Å²) < 4.78 is 40.7. The summed E-state index contributed by atoms with van der Waals surface area (Å²) in [6, 6.07) is 15.0. The lowest BCUT2D eigenvalue weighted by Gasteiger charge is -2.47. The number of hydrogen-bond acceptors (Lipinski definition) is 5. The SMILES string of the molecule is COC(=O)c1ccc(N2CC3(CC2=O)CN(Cc2cc(C4CC4)c(-c4ccc(F)cc4)c(F)c2OC(C)C)C3)cc1. The number of carbonyl (C=O) groups is 2. The second-order valence-electron chi connectivity index (χ2n) is 11.9. The van der Waals surface area contributed by atoms with Crippen LogP contribution in [-0.4, -0.2) is 49.6 Å². The molecule has 3 fully saturated rings. The van der Waals surface area contributed by atoms with Gasteiger partial charge in [-0.2, -0.15) is 0 Å². The van der Waals surface area contributed by atoms with E-state index in [9.17, 15) is 14.0 Å². The van der Waals surface area contributed by atoms with Crippen LogP contribution in [0.5, 0.6) is 5.75 Å². The van der Waals surface area contributed by atoms with Crippen LogP contribution in [0.1, 0.15) is 60.5 Å². The summed E-state index contributed by atoms with van der Waals surface area (Å²) in [7, 11) is 1.34. The minimum atomic E-state index is -0.414. The minimum Gasteiger partial charge on any atom is -0.488 e. The van der Waals surface area contributed by atoms with Crippen molar-refractivity contribution in [3.05, 3.63) is 82.9 Å². The predicted octanol–water partition coefficient (Wildman–Crippen LogP) is 6.32. The zero-order chi connectivity index (χ0) is 28.9. The summed E-state index contributed by atoms with van der Waals surface area (Å²) in [5, 5.41) is 0. The number of carbonyl (C=O) groups excluding carboxylic acids is 2. The van der Waals surface area contributed by atoms with Crippen molar-refractivity contribution in [1.29, 1.82) is 0 Å². The lowest BCUT2D eigenvalue weighted by Crippen LogP contribution is -2.56. The van der Waals surface area contributed by atoms with Crippen molar-refractivity contribution in [3.8, 4) is 16.9 Å². The molecule has 2 heterocycles. The van der Waals surface area contributed by atoms with Crippen LogP contribution in [0.2, 0.25) is 0 Å². The van der Waals surface area contributed by atoms with Crippen LogP contribution in [0.4, 0.5) is 14.5 Å². The quantitative estimate of drug-likeness (QED) is 0.302. The lowest BCUT2D eigenvalue weighted by atomic mass is 9.78. The van der Waals surface area contributed by atoms with Gasteiger partial charge in [-0.1, -0.05) is 12.1 Å². The van der Waals surface area contributed by atoms with Crippen LogP contribution in [0.3, 0.4) is 0 Å². The first kappa shape index (κ1) is 27.4. The van der Waals surface area contributed by atoms with Gasteiger partial charge in [0, 0.05) is 54.8 Å². The van der Waals surface area contributed by atoms with Gasteiger partial charge in [0.15, 0.2) is 11.6 Å². The second kappa shape index (κ2) is 10.6. The van der Waals surface area contributed by atoms with Crippen molar-refractivity contribution in [2.75, 3.05) is 31.6 Å². The van der Waals surface area contributed by atoms with Gasteiger partial charge in [0.1, 0.15) is 5.82 Å². The number of hydrogen-bond donors (Lipinski definition) is 0. The Kier molecular flexibility index (Phi) is 7.06. The first-order chi connectivity index (χ1) is 19.7. The molecule has 0 atom stereocenters. The normalized spacial score (nSPS) is 18.2. The van der Waals surface area contributed by atoms with Crippen LogP contribution >= 0.6 is 0 Å². The highest BCUT2D eigenvalue weighted by atomic mass is 19.1. The molecular formula is C33H34F2N2O4. The number of methoxy groups -OCH3 is 1. The maximum Gasteiger partial charge on any atom is 0.337 e. The summed E-state index contributed by atoms with van der Waals surface area (Å²) in [5.41, 5.74) is 3.95. The topological polar surface area (TPSA) is 59.1 Å². The summed E-state index contributed by atoms with van der Waals surface area (Å²) >= 11 is 0. The van der Waals surface area contributed by atoms with Crippen LogP contribution < -0.4 is 9.64 Å². The molecule has 2 aliphatic heterocycles. The molecule has 3 aromatic carbocycles. The highest BCUT2D eigenvalue weighted by Gasteiger charge is 2.51. The molecule has 1 aliphatic carbocycles. The highest BCUT2D eigenvalue weighted by Crippen LogP contribution is 2.49. The molecule has 3 aliphatic rings. The van der Waals surface area contributed by atoms with E-state index in [0.717, 1.165) is 42.7 Å². The fourth-order valence-electron chi connectivity index (χ4n) is 6.31. The highest BCUT2D eigenvalue weighted by molar-refractivity contribution is 5.97. The Balaban J connectivity index is 1.22. The van der Waals surface area contributed by atoms with Gasteiger partial charge < -0.3 is 14.4 Å². The maximum atomic E-state index is 16.3. The molecule has 3 aromatic rings. The lowest BCUT2D eigenvalue weighted by molar-refractivity contribution is -0.119. The van der Waals surface area contributed by atoms with Crippen molar-refractivity contribution in [3.63, 3.8) is 0 Å². The summed E-state index contributed by atoms with van der Waals surface area (Å²) in [6.45, 7) is 6.31. The van der Waals surface area contributed by atoms with Crippen LogP contribution in [-0.2, 0) is 16.1 Å². The van der Waals surface area contributed by atoms with Gasteiger partial charge in [0.25, 0.3) is 0 Å². The molecule has 1 saturated carbocycles. The Morgan fingerprint density at radius 1 is 1.02 bits per heavy atom. The average molecular weight is 561 g/mol. The number of nitrogens with zero attached hydrogens (tertiary/aromatic N) is 2. The van der Waals surface area contributed by atoms with Crippen molar-refractivity contribution in [2.45, 2.75) is 51.7 Å². The molecule has 6 rings (SSSR count). The number of amides is 1. The molecule has 1 spiro atoms. The fraction of sp³-hybridized carbons (Fsp3) is 0.394. The molecule has 0 aromatic heterocycles. The largest absolute Gasteiger partial charge is 0.488 e. The number of anilines is 1. The van der Waals surface area contributed by atoms with E-state index >= 15 is 4.39 Å². The smallest absolute Gasteiger partial charge is 0.337 e. The van der Waals surface area contributed by atoms with E-state index in [0.29, 0.717) is 36.2 Å². The van der Waals surface area contributed by atoms with E-state index < -0.39 is 11.8 Å². The molecule has 0 bridgehead atoms. The van der Waals surface area contributed by atoms with Crippen LogP contribution in [0.25, 0.3) is 11.1 Å². The van der Waals surface area contributed by atoms with Crippen molar-refractivity contribution >= 4 is 17.6 Å². The molecule has 0 radical (unpaired) electrons. The molecule has 1 amide bonds. The summed E-state index contributed by atoms with van der Waals surface area (Å²) in [4.78, 5) is 28.8. The first-order valence-electron chi connectivity index (χ1n) is 14.2. The van der Waals surface area contributed by atoms with Gasteiger partial charge in [-0.15, -0.1) is 0 Å². The van der Waals surface area contributed by atoms with Gasteiger partial charge in [0.2, 0.25) is 5.91 Å². The monoisotopic (exact) mass is 560 g/mol. The van der Waals surface area contributed by atoms with Gasteiger partial charge in [-0.3, -0.25) is 9.69 Å². The van der Waals surface area contributed by atoms with Crippen molar-refractivity contribution in [2.24, 2.45) is 5.41 Å². The third kappa shape index (κ3) is 5.33. The molecular weight excluding hydrogens is 526 g/mol. The fourth-order valence-corrected chi connectivity index (χ4v) is 6.31. The van der Waals surface area contributed by atoms with E-state index in [2.05, 4.69) is 11.0 Å². The van der Waals surface area contributed by atoms with Gasteiger partial charge in [-0.05, 0) is 86.2 Å². The molecule has 0 N–H and O–H groups in total. The van der Waals surface area contributed by atoms with Crippen LogP contribution in [0, 0.1) is 17.0 Å². The molecule has 8 heteroatoms. The number of benzene rings is 3. The predicted molar refractivity (Wildman–Crippen MR) is 152 cm³/mol. The zero-order valence-corrected chi connectivity index (χ0v) is 23.6. The zero-order valence-electron chi connectivity index (χ0n) is 23.6. The maximum absolute atomic E-state index is 16.3. The Morgan fingerprint density at radius 3 is 2.32 bits per heavy atom. The molecule has 41 heavy (non-hydrogen) atoms. The number of ether oxygens (including phenoxy) is 2. The van der Waals surface area contributed by atoms with Crippen molar-refractivity contribution in [1.82, 2.24) is 4.90 Å². The first-order valence-corrected chi connectivity index (χ1v) is 14.2.